The summed E-state index contributed by atoms with van der Waals surface area (Å²) in [5, 5.41) is 22.5. The quantitative estimate of drug-likeness (QED) is 0.122. The van der Waals surface area contributed by atoms with Gasteiger partial charge in [0.05, 0.1) is 5.71 Å². The maximum Gasteiger partial charge on any atom is 0.135 e. The largest absolute Gasteiger partial charge is 0.662 e. The van der Waals surface area contributed by atoms with Crippen molar-refractivity contribution in [3.8, 4) is 0 Å². The molecule has 0 saturated carbocycles. The fourth-order valence-electron chi connectivity index (χ4n) is 2.10. The Bertz CT molecular complexity index is 354. The van der Waals surface area contributed by atoms with Gasteiger partial charge in [0.15, 0.2) is 0 Å². The molecule has 0 atom stereocenters. The molecule has 7 nitrogen and oxygen atoms in total. The minimum Gasteiger partial charge on any atom is -0.662 e. The Labute approximate surface area is 301 Å². The molecule has 0 amide bonds. The Morgan fingerprint density at radius 2 is 0.943 bits per heavy atom. The predicted octanol–water partition coefficient (Wildman–Crippen LogP) is 6.69. The molecule has 0 aromatic carbocycles. The van der Waals surface area contributed by atoms with E-state index in [0.717, 1.165) is 70.7 Å². The van der Waals surface area contributed by atoms with Crippen molar-refractivity contribution >= 4 is 41.3 Å². The maximum absolute atomic E-state index is 10.4. The van der Waals surface area contributed by atoms with E-state index in [4.69, 9.17) is 5.21 Å². The fraction of sp³-hybridized carbons (Fsp3) is 0.750. The molecule has 35 heavy (non-hydrogen) atoms. The van der Waals surface area contributed by atoms with Crippen LogP contribution in [0, 0.1) is 22.3 Å². The number of rotatable bonds is 0. The van der Waals surface area contributed by atoms with E-state index in [0.29, 0.717) is 24.4 Å². The summed E-state index contributed by atoms with van der Waals surface area (Å²) in [6, 6.07) is 0. The van der Waals surface area contributed by atoms with E-state index in [1.165, 1.54) is 0 Å². The van der Waals surface area contributed by atoms with Gasteiger partial charge in [0.25, 0.3) is 0 Å². The van der Waals surface area contributed by atoms with Gasteiger partial charge in [-0.05, 0) is 25.7 Å². The molecule has 3 aliphatic rings. The van der Waals surface area contributed by atoms with Gasteiger partial charge in [-0.15, -0.1) is 50.2 Å². The van der Waals surface area contributed by atoms with Gasteiger partial charge in [0.1, 0.15) is 11.6 Å². The third kappa shape index (κ3) is 53.3. The van der Waals surface area contributed by atoms with Crippen LogP contribution >= 0.6 is 24.0 Å². The minimum absolute atomic E-state index is 0. The van der Waals surface area contributed by atoms with Crippen molar-refractivity contribution in [2.75, 3.05) is 39.3 Å². The first-order valence-electron chi connectivity index (χ1n) is 10.9. The summed E-state index contributed by atoms with van der Waals surface area (Å²) < 4.78 is 0. The van der Waals surface area contributed by atoms with E-state index < -0.39 is 0 Å². The number of piperidine rings is 3. The van der Waals surface area contributed by atoms with Crippen molar-refractivity contribution in [2.45, 2.75) is 80.1 Å². The summed E-state index contributed by atoms with van der Waals surface area (Å²) in [4.78, 5) is 20.8. The summed E-state index contributed by atoms with van der Waals surface area (Å²) in [7, 11) is 0. The van der Waals surface area contributed by atoms with Crippen molar-refractivity contribution in [1.29, 1.82) is 0 Å². The van der Waals surface area contributed by atoms with Gasteiger partial charge in [-0.3, -0.25) is 9.59 Å². The molecule has 212 valence electrons. The van der Waals surface area contributed by atoms with Crippen LogP contribution in [0.1, 0.15) is 80.1 Å². The van der Waals surface area contributed by atoms with Crippen LogP contribution in [0.3, 0.4) is 0 Å². The molecule has 0 bridgehead atoms. The molecular formula is C24H54IN4O3WY2-5. The van der Waals surface area contributed by atoms with Gasteiger partial charge in [-0.25, -0.2) is 0 Å². The normalized spacial score (nSPS) is 14.3. The second-order valence-corrected chi connectivity index (χ2v) is 5.34. The minimum atomic E-state index is 0. The number of halogens is 1. The van der Waals surface area contributed by atoms with E-state index in [1.807, 2.05) is 41.5 Å². The van der Waals surface area contributed by atoms with E-state index >= 15 is 0 Å². The van der Waals surface area contributed by atoms with Gasteiger partial charge in [0, 0.05) is 112 Å². The number of carbonyl (C=O) groups excluding carboxylic acids is 2. The smallest absolute Gasteiger partial charge is 0.135 e. The zero-order valence-corrected chi connectivity index (χ0v) is 35.0. The number of hydrogen-bond donors (Lipinski definition) is 2. The van der Waals surface area contributed by atoms with Crippen LogP contribution in [0.25, 0.3) is 10.6 Å². The van der Waals surface area contributed by atoms with E-state index in [9.17, 15) is 9.59 Å². The monoisotopic (exact) mass is 935 g/mol. The van der Waals surface area contributed by atoms with Crippen molar-refractivity contribution in [1.82, 2.24) is 5.32 Å². The maximum atomic E-state index is 10.4. The number of oxime groups is 1. The first-order chi connectivity index (χ1) is 13.7. The van der Waals surface area contributed by atoms with Crippen LogP contribution in [0.4, 0.5) is 0 Å². The summed E-state index contributed by atoms with van der Waals surface area (Å²) >= 11 is 0. The Balaban J connectivity index is -0.0000000277. The average Bonchev–Trinajstić information content (AvgIpc) is 2.80. The molecule has 3 fully saturated rings. The number of nitrogens with zero attached hydrogens (tertiary/aromatic N) is 3. The fourth-order valence-corrected chi connectivity index (χ4v) is 2.10. The Morgan fingerprint density at radius 3 is 1.11 bits per heavy atom. The molecule has 3 aliphatic heterocycles. The van der Waals surface area contributed by atoms with E-state index in [2.05, 4.69) is 21.1 Å². The molecule has 0 spiro atoms. The van der Waals surface area contributed by atoms with Crippen LogP contribution in [-0.4, -0.2) is 61.8 Å². The summed E-state index contributed by atoms with van der Waals surface area (Å²) in [5.74, 6) is 0.772. The topological polar surface area (TPSA) is 107 Å². The average molecular weight is 935 g/mol. The molecular weight excluding hydrogens is 881 g/mol. The van der Waals surface area contributed by atoms with Crippen LogP contribution in [-0.2, 0) is 96.1 Å². The summed E-state index contributed by atoms with van der Waals surface area (Å²) in [6.45, 7) is 17.0. The molecule has 3 heterocycles. The SMILES string of the molecule is CC.CC.CC.I.O=C1CCNCC1.O=C1CC[N-]CC1.ON=C1CC[N-]CC1.[CH3-].[CH3-].[CH3-].[W].[Y].[Y]. The predicted molar refractivity (Wildman–Crippen MR) is 155 cm³/mol. The van der Waals surface area contributed by atoms with Crippen molar-refractivity contribution < 1.29 is 101 Å². The van der Waals surface area contributed by atoms with Crippen LogP contribution in [0.5, 0.6) is 0 Å². The third-order valence-electron chi connectivity index (χ3n) is 3.52. The number of Topliss-reactive ketones (excluding diaryl/α,β-unsaturated/α-hetero) is 2. The van der Waals surface area contributed by atoms with Gasteiger partial charge in [-0.2, -0.15) is 0 Å². The van der Waals surface area contributed by atoms with Gasteiger partial charge < -0.3 is 43.4 Å². The first kappa shape index (κ1) is 66.0. The molecule has 2 N–H and O–H groups in total. The molecule has 3 rings (SSSR count). The molecule has 11 heteroatoms. The zero-order valence-electron chi connectivity index (χ0n) is 24.1. The van der Waals surface area contributed by atoms with Gasteiger partial charge in [0.2, 0.25) is 0 Å². The molecule has 0 aromatic rings. The number of carbonyl (C=O) groups is 2. The van der Waals surface area contributed by atoms with Crippen molar-refractivity contribution in [3.63, 3.8) is 0 Å². The molecule has 3 saturated heterocycles. The molecule has 0 aliphatic carbocycles. The van der Waals surface area contributed by atoms with Gasteiger partial charge in [-0.1, -0.05) is 46.7 Å². The number of ketones is 2. The van der Waals surface area contributed by atoms with Gasteiger partial charge >= 0.3 is 0 Å². The van der Waals surface area contributed by atoms with Crippen molar-refractivity contribution in [3.05, 3.63) is 32.9 Å². The second-order valence-electron chi connectivity index (χ2n) is 5.34. The molecule has 0 aromatic heterocycles. The Hall–Kier alpha value is 2.32. The standard InChI is InChI=1S/C5H9N2O.C5H9NO.C5H8NO.3C2H6.3CH3.HI.W.2Y/c8-7-5-1-3-6-4-2-5;2*7-5-1-3-6-4-2-5;3*1-2;;;;;;;/h8H,1-4H2;6H,1-4H2;1-4H2;3*1-2H3;3*1H3;1H;;;/q-1;;-1;;;;3*-1;;;;. The number of nitrogens with one attached hydrogen (secondary N) is 1. The van der Waals surface area contributed by atoms with Crippen LogP contribution in [0.15, 0.2) is 5.16 Å². The van der Waals surface area contributed by atoms with E-state index in [-0.39, 0.29) is 133 Å². The zero-order chi connectivity index (χ0) is 22.0. The summed E-state index contributed by atoms with van der Waals surface area (Å²) in [6.07, 6.45) is 4.52. The Kier molecular flexibility index (Phi) is 114. The number of hydrogen-bond acceptors (Lipinski definition) is 5. The third-order valence-corrected chi connectivity index (χ3v) is 3.52. The second kappa shape index (κ2) is 60.7. The van der Waals surface area contributed by atoms with Crippen LogP contribution < -0.4 is 5.32 Å². The molecule has 2 radical (unpaired) electrons. The first-order valence-corrected chi connectivity index (χ1v) is 10.9. The Morgan fingerprint density at radius 1 is 0.657 bits per heavy atom. The van der Waals surface area contributed by atoms with Crippen molar-refractivity contribution in [2.24, 2.45) is 5.16 Å². The molecule has 0 unspecified atom stereocenters. The van der Waals surface area contributed by atoms with E-state index in [1.54, 1.807) is 0 Å². The summed E-state index contributed by atoms with van der Waals surface area (Å²) in [5.41, 5.74) is 0.889. The van der Waals surface area contributed by atoms with Crippen LogP contribution in [0.2, 0.25) is 0 Å².